The van der Waals surface area contributed by atoms with Crippen LogP contribution in [0.1, 0.15) is 60.2 Å². The smallest absolute Gasteiger partial charge is 0.340 e. The van der Waals surface area contributed by atoms with Crippen LogP contribution in [0, 0.1) is 5.92 Å². The highest BCUT2D eigenvalue weighted by Gasteiger charge is 2.28. The second-order valence-electron chi connectivity index (χ2n) is 5.69. The van der Waals surface area contributed by atoms with Gasteiger partial charge in [0, 0.05) is 17.9 Å². The number of unbranched alkanes of at least 4 members (excludes halogenated alkanes) is 2. The number of carbonyl (C=O) groups is 2. The Labute approximate surface area is 175 Å². The van der Waals surface area contributed by atoms with Gasteiger partial charge in [-0.1, -0.05) is 33.1 Å². The van der Waals surface area contributed by atoms with E-state index in [1.807, 2.05) is 0 Å². The van der Waals surface area contributed by atoms with Gasteiger partial charge in [0.25, 0.3) is 0 Å². The Morgan fingerprint density at radius 3 is 1.96 bits per heavy atom. The molecule has 1 aromatic carbocycles. The third kappa shape index (κ3) is 5.81. The van der Waals surface area contributed by atoms with Crippen LogP contribution < -0.4 is 0 Å². The van der Waals surface area contributed by atoms with Crippen molar-refractivity contribution in [3.63, 3.8) is 0 Å². The first-order valence-corrected chi connectivity index (χ1v) is 10.6. The fraction of sp³-hybridized carbons (Fsp3) is 0.500. The molecule has 0 bridgehead atoms. The average molecular weight is 594 g/mol. The number of carbonyl (C=O) groups excluding carboxylic acids is 1. The molecule has 0 spiro atoms. The van der Waals surface area contributed by atoms with E-state index >= 15 is 0 Å². The minimum Gasteiger partial charge on any atom is -0.478 e. The molecule has 0 unspecified atom stereocenters. The Bertz CT molecular complexity index is 629. The summed E-state index contributed by atoms with van der Waals surface area (Å²) in [4.78, 5) is 23.9. The summed E-state index contributed by atoms with van der Waals surface area (Å²) in [5.74, 6) is -1.20. The lowest BCUT2D eigenvalue weighted by Crippen LogP contribution is -2.15. The zero-order valence-electron chi connectivity index (χ0n) is 13.3. The number of halogens is 4. The van der Waals surface area contributed by atoms with Crippen LogP contribution in [0.5, 0.6) is 0 Å². The maximum absolute atomic E-state index is 12.4. The molecule has 0 radical (unpaired) electrons. The normalized spacial score (nSPS) is 11.0. The molecule has 0 aliphatic carbocycles. The van der Waals surface area contributed by atoms with Gasteiger partial charge in [-0.2, -0.15) is 0 Å². The first-order valence-electron chi connectivity index (χ1n) is 7.44. The zero-order chi connectivity index (χ0) is 18.4. The van der Waals surface area contributed by atoms with Crippen molar-refractivity contribution >= 4 is 75.7 Å². The van der Waals surface area contributed by atoms with Gasteiger partial charge in [-0.15, -0.1) is 0 Å². The van der Waals surface area contributed by atoms with E-state index in [9.17, 15) is 14.7 Å². The van der Waals surface area contributed by atoms with E-state index in [4.69, 9.17) is 4.74 Å². The lowest BCUT2D eigenvalue weighted by Gasteiger charge is -2.14. The lowest BCUT2D eigenvalue weighted by molar-refractivity contribution is 0.0485. The second-order valence-corrected chi connectivity index (χ2v) is 8.86. The third-order valence-electron chi connectivity index (χ3n) is 3.34. The van der Waals surface area contributed by atoms with Gasteiger partial charge in [0.05, 0.1) is 17.7 Å². The van der Waals surface area contributed by atoms with Crippen LogP contribution in [-0.2, 0) is 4.74 Å². The fourth-order valence-corrected chi connectivity index (χ4v) is 4.54. The molecule has 0 amide bonds. The number of carboxylic acids is 1. The van der Waals surface area contributed by atoms with Crippen molar-refractivity contribution in [2.75, 3.05) is 6.61 Å². The highest BCUT2D eigenvalue weighted by Crippen LogP contribution is 2.42. The van der Waals surface area contributed by atoms with E-state index < -0.39 is 11.9 Å². The standard InChI is InChI=1S/C16H18Br4O4/c1-8(2)6-4-3-5-7-24-16(23)10-9(15(21)22)11(17)13(19)14(20)12(10)18/h8H,3-7H2,1-2H3,(H,21,22). The first kappa shape index (κ1) is 22.1. The number of aromatic carboxylic acids is 1. The number of benzene rings is 1. The topological polar surface area (TPSA) is 63.6 Å². The highest BCUT2D eigenvalue weighted by molar-refractivity contribution is 9.15. The second kappa shape index (κ2) is 10.3. The molecule has 0 fully saturated rings. The quantitative estimate of drug-likeness (QED) is 0.156. The predicted octanol–water partition coefficient (Wildman–Crippen LogP) is 6.81. The van der Waals surface area contributed by atoms with Crippen LogP contribution in [0.4, 0.5) is 0 Å². The van der Waals surface area contributed by atoms with Gasteiger partial charge in [-0.3, -0.25) is 0 Å². The molecular formula is C16H18Br4O4. The highest BCUT2D eigenvalue weighted by atomic mass is 79.9. The summed E-state index contributed by atoms with van der Waals surface area (Å²) in [5, 5.41) is 9.43. The average Bonchev–Trinajstić information content (AvgIpc) is 2.50. The number of carboxylic acid groups (broad SMARTS) is 1. The van der Waals surface area contributed by atoms with Crippen LogP contribution in [0.25, 0.3) is 0 Å². The molecule has 134 valence electrons. The molecule has 1 rings (SSSR count). The lowest BCUT2D eigenvalue weighted by atomic mass is 10.1. The molecule has 0 saturated carbocycles. The Balaban J connectivity index is 2.85. The number of esters is 1. The Morgan fingerprint density at radius 2 is 1.46 bits per heavy atom. The van der Waals surface area contributed by atoms with E-state index in [-0.39, 0.29) is 22.2 Å². The summed E-state index contributed by atoms with van der Waals surface area (Å²) in [7, 11) is 0. The maximum atomic E-state index is 12.4. The van der Waals surface area contributed by atoms with Gasteiger partial charge < -0.3 is 9.84 Å². The molecular weight excluding hydrogens is 576 g/mol. The van der Waals surface area contributed by atoms with Crippen molar-refractivity contribution in [1.29, 1.82) is 0 Å². The molecule has 0 aliphatic heterocycles. The molecule has 1 aromatic rings. The molecule has 0 saturated heterocycles. The first-order chi connectivity index (χ1) is 11.2. The molecule has 8 heteroatoms. The SMILES string of the molecule is CC(C)CCCCCOC(=O)c1c(Br)c(Br)c(Br)c(Br)c1C(=O)O. The molecule has 0 atom stereocenters. The maximum Gasteiger partial charge on any atom is 0.340 e. The van der Waals surface area contributed by atoms with E-state index in [2.05, 4.69) is 77.6 Å². The Hall–Kier alpha value is 0.0800. The molecule has 4 nitrogen and oxygen atoms in total. The van der Waals surface area contributed by atoms with Gasteiger partial charge in [0.1, 0.15) is 0 Å². The van der Waals surface area contributed by atoms with Crippen molar-refractivity contribution in [1.82, 2.24) is 0 Å². The summed E-state index contributed by atoms with van der Waals surface area (Å²) in [6, 6.07) is 0. The van der Waals surface area contributed by atoms with Crippen molar-refractivity contribution in [2.45, 2.75) is 39.5 Å². The number of rotatable bonds is 8. The van der Waals surface area contributed by atoms with Crippen molar-refractivity contribution < 1.29 is 19.4 Å². The van der Waals surface area contributed by atoms with E-state index in [1.165, 1.54) is 0 Å². The van der Waals surface area contributed by atoms with Gasteiger partial charge in [0.15, 0.2) is 0 Å². The number of hydrogen-bond acceptors (Lipinski definition) is 3. The Kier molecular flexibility index (Phi) is 9.48. The molecule has 24 heavy (non-hydrogen) atoms. The molecule has 0 heterocycles. The van der Waals surface area contributed by atoms with E-state index in [0.717, 1.165) is 25.7 Å². The summed E-state index contributed by atoms with van der Waals surface area (Å²) in [6.07, 6.45) is 3.98. The molecule has 0 aromatic heterocycles. The zero-order valence-corrected chi connectivity index (χ0v) is 19.6. The summed E-state index contributed by atoms with van der Waals surface area (Å²) in [5.41, 5.74) is -0.145. The van der Waals surface area contributed by atoms with Crippen LogP contribution in [0.3, 0.4) is 0 Å². The Morgan fingerprint density at radius 1 is 0.917 bits per heavy atom. The van der Waals surface area contributed by atoms with E-state index in [1.54, 1.807) is 0 Å². The molecule has 0 aliphatic rings. The minimum absolute atomic E-state index is 0.00775. The van der Waals surface area contributed by atoms with E-state index in [0.29, 0.717) is 19.3 Å². The number of hydrogen-bond donors (Lipinski definition) is 1. The van der Waals surface area contributed by atoms with Crippen LogP contribution in [0.15, 0.2) is 17.9 Å². The largest absolute Gasteiger partial charge is 0.478 e. The predicted molar refractivity (Wildman–Crippen MR) is 108 cm³/mol. The summed E-state index contributed by atoms with van der Waals surface area (Å²) < 4.78 is 6.96. The third-order valence-corrected chi connectivity index (χ3v) is 8.11. The summed E-state index contributed by atoms with van der Waals surface area (Å²) >= 11 is 13.1. The van der Waals surface area contributed by atoms with Crippen molar-refractivity contribution in [3.05, 3.63) is 29.0 Å². The summed E-state index contributed by atoms with van der Waals surface area (Å²) in [6.45, 7) is 4.62. The van der Waals surface area contributed by atoms with Gasteiger partial charge in [0.2, 0.25) is 0 Å². The van der Waals surface area contributed by atoms with Crippen LogP contribution in [0.2, 0.25) is 0 Å². The van der Waals surface area contributed by atoms with Crippen LogP contribution >= 0.6 is 63.7 Å². The minimum atomic E-state index is -1.21. The molecule has 1 N–H and O–H groups in total. The van der Waals surface area contributed by atoms with Gasteiger partial charge in [-0.05, 0) is 76.1 Å². The number of ether oxygens (including phenoxy) is 1. The monoisotopic (exact) mass is 590 g/mol. The van der Waals surface area contributed by atoms with Crippen LogP contribution in [-0.4, -0.2) is 23.7 Å². The van der Waals surface area contributed by atoms with Gasteiger partial charge in [-0.25, -0.2) is 9.59 Å². The van der Waals surface area contributed by atoms with Crippen molar-refractivity contribution in [3.8, 4) is 0 Å². The van der Waals surface area contributed by atoms with Gasteiger partial charge >= 0.3 is 11.9 Å². The fourth-order valence-electron chi connectivity index (χ4n) is 2.09. The van der Waals surface area contributed by atoms with Crippen molar-refractivity contribution in [2.24, 2.45) is 5.92 Å².